The second-order valence-electron chi connectivity index (χ2n) is 9.48. The molecular weight excluding hydrogens is 474 g/mol. The molecule has 0 aliphatic heterocycles. The summed E-state index contributed by atoms with van der Waals surface area (Å²) in [5.41, 5.74) is 7.03. The van der Waals surface area contributed by atoms with E-state index >= 15 is 0 Å². The van der Waals surface area contributed by atoms with Gasteiger partial charge in [-0.15, -0.1) is 0 Å². The number of nitrogens with zero attached hydrogens (tertiary/aromatic N) is 1. The summed E-state index contributed by atoms with van der Waals surface area (Å²) in [6.07, 6.45) is 1.52. The third-order valence-corrected chi connectivity index (χ3v) is 6.31. The third kappa shape index (κ3) is 7.70. The van der Waals surface area contributed by atoms with Gasteiger partial charge in [-0.25, -0.2) is 4.79 Å². The second kappa shape index (κ2) is 13.5. The van der Waals surface area contributed by atoms with Crippen LogP contribution in [0, 0.1) is 0 Å². The lowest BCUT2D eigenvalue weighted by Crippen LogP contribution is -2.19. The molecular formula is C33H35NO4. The molecule has 0 fully saturated rings. The summed E-state index contributed by atoms with van der Waals surface area (Å²) in [5, 5.41) is 0. The first kappa shape index (κ1) is 27.0. The van der Waals surface area contributed by atoms with Crippen molar-refractivity contribution in [1.29, 1.82) is 0 Å². The first-order valence-electron chi connectivity index (χ1n) is 12.8. The highest BCUT2D eigenvalue weighted by Gasteiger charge is 2.15. The standard InChI is InChI=1S/C33H35NO4/c1-34(2)18-19-37-29-14-16-31(27(22-29)20-25-10-6-4-7-11-25)32-17-15-30(38-24-33(35)36-3)23-28(32)21-26-12-8-5-9-13-26/h4-17,22-23H,18-21,24H2,1-3H3. The molecule has 0 bridgehead atoms. The zero-order chi connectivity index (χ0) is 26.7. The Morgan fingerprint density at radius 2 is 1.18 bits per heavy atom. The lowest BCUT2D eigenvalue weighted by molar-refractivity contribution is -0.142. The van der Waals surface area contributed by atoms with Gasteiger partial charge in [-0.05, 0) is 84.6 Å². The van der Waals surface area contributed by atoms with E-state index in [1.54, 1.807) is 0 Å². The van der Waals surface area contributed by atoms with Gasteiger partial charge in [0.2, 0.25) is 0 Å². The van der Waals surface area contributed by atoms with Crippen molar-refractivity contribution in [3.05, 3.63) is 119 Å². The molecule has 0 radical (unpaired) electrons. The maximum Gasteiger partial charge on any atom is 0.343 e. The van der Waals surface area contributed by atoms with Crippen molar-refractivity contribution in [2.45, 2.75) is 12.8 Å². The Morgan fingerprint density at radius 3 is 1.66 bits per heavy atom. The van der Waals surface area contributed by atoms with Gasteiger partial charge in [0.05, 0.1) is 7.11 Å². The predicted molar refractivity (Wildman–Crippen MR) is 152 cm³/mol. The van der Waals surface area contributed by atoms with Crippen LogP contribution in [-0.2, 0) is 22.4 Å². The molecule has 196 valence electrons. The number of likely N-dealkylation sites (N-methyl/N-ethyl adjacent to an activating group) is 1. The lowest BCUT2D eigenvalue weighted by atomic mass is 9.89. The van der Waals surface area contributed by atoms with Crippen molar-refractivity contribution >= 4 is 5.97 Å². The van der Waals surface area contributed by atoms with Crippen LogP contribution in [0.2, 0.25) is 0 Å². The largest absolute Gasteiger partial charge is 0.492 e. The van der Waals surface area contributed by atoms with Crippen molar-refractivity contribution < 1.29 is 19.0 Å². The number of carbonyl (C=O) groups excluding carboxylic acids is 1. The zero-order valence-corrected chi connectivity index (χ0v) is 22.4. The molecule has 0 N–H and O–H groups in total. The Kier molecular flexibility index (Phi) is 9.54. The predicted octanol–water partition coefficient (Wildman–Crippen LogP) is 6.03. The first-order chi connectivity index (χ1) is 18.5. The average molecular weight is 510 g/mol. The smallest absolute Gasteiger partial charge is 0.343 e. The molecule has 0 saturated carbocycles. The van der Waals surface area contributed by atoms with E-state index in [0.29, 0.717) is 12.4 Å². The summed E-state index contributed by atoms with van der Waals surface area (Å²) in [7, 11) is 5.44. The monoisotopic (exact) mass is 509 g/mol. The zero-order valence-electron chi connectivity index (χ0n) is 22.4. The Morgan fingerprint density at radius 1 is 0.684 bits per heavy atom. The minimum Gasteiger partial charge on any atom is -0.492 e. The van der Waals surface area contributed by atoms with Crippen LogP contribution in [0.25, 0.3) is 11.1 Å². The highest BCUT2D eigenvalue weighted by molar-refractivity contribution is 5.74. The molecule has 4 aromatic carbocycles. The molecule has 38 heavy (non-hydrogen) atoms. The molecule has 0 aliphatic carbocycles. The Balaban J connectivity index is 1.73. The van der Waals surface area contributed by atoms with Crippen molar-refractivity contribution in [3.63, 3.8) is 0 Å². The molecule has 4 rings (SSSR count). The Hall–Kier alpha value is -4.09. The van der Waals surface area contributed by atoms with Gasteiger partial charge in [0, 0.05) is 6.54 Å². The molecule has 0 aliphatic rings. The third-order valence-electron chi connectivity index (χ3n) is 6.31. The van der Waals surface area contributed by atoms with Crippen molar-refractivity contribution in [3.8, 4) is 22.6 Å². The van der Waals surface area contributed by atoms with E-state index in [4.69, 9.17) is 14.2 Å². The van der Waals surface area contributed by atoms with Gasteiger partial charge >= 0.3 is 5.97 Å². The van der Waals surface area contributed by atoms with E-state index in [2.05, 4.69) is 59.5 Å². The number of carbonyl (C=O) groups is 1. The van der Waals surface area contributed by atoms with Crippen LogP contribution in [0.3, 0.4) is 0 Å². The fraction of sp³-hybridized carbons (Fsp3) is 0.242. The Bertz CT molecular complexity index is 1320. The quantitative estimate of drug-likeness (QED) is 0.218. The molecule has 5 nitrogen and oxygen atoms in total. The summed E-state index contributed by atoms with van der Waals surface area (Å²) in [6, 6.07) is 33.2. The number of ether oxygens (including phenoxy) is 3. The molecule has 0 amide bonds. The van der Waals surface area contributed by atoms with Gasteiger partial charge in [0.25, 0.3) is 0 Å². The normalized spacial score (nSPS) is 10.8. The fourth-order valence-corrected chi connectivity index (χ4v) is 4.32. The molecule has 0 saturated heterocycles. The minimum atomic E-state index is -0.409. The van der Waals surface area contributed by atoms with Crippen LogP contribution in [-0.4, -0.2) is 51.8 Å². The maximum atomic E-state index is 11.7. The van der Waals surface area contributed by atoms with E-state index in [1.165, 1.54) is 23.8 Å². The molecule has 4 aromatic rings. The number of hydrogen-bond donors (Lipinski definition) is 0. The highest BCUT2D eigenvalue weighted by atomic mass is 16.6. The first-order valence-corrected chi connectivity index (χ1v) is 12.8. The van der Waals surface area contributed by atoms with E-state index in [0.717, 1.165) is 41.8 Å². The van der Waals surface area contributed by atoms with E-state index in [1.807, 2.05) is 56.6 Å². The number of rotatable bonds is 12. The van der Waals surface area contributed by atoms with E-state index < -0.39 is 5.97 Å². The van der Waals surface area contributed by atoms with Crippen LogP contribution in [0.5, 0.6) is 11.5 Å². The number of benzene rings is 4. The van der Waals surface area contributed by atoms with Crippen molar-refractivity contribution in [2.75, 3.05) is 41.0 Å². The van der Waals surface area contributed by atoms with Gasteiger partial charge in [-0.3, -0.25) is 0 Å². The maximum absolute atomic E-state index is 11.7. The van der Waals surface area contributed by atoms with Gasteiger partial charge in [-0.2, -0.15) is 0 Å². The average Bonchev–Trinajstić information content (AvgIpc) is 2.93. The molecule has 0 aromatic heterocycles. The fourth-order valence-electron chi connectivity index (χ4n) is 4.32. The van der Waals surface area contributed by atoms with Crippen molar-refractivity contribution in [1.82, 2.24) is 4.90 Å². The second-order valence-corrected chi connectivity index (χ2v) is 9.48. The molecule has 5 heteroatoms. The van der Waals surface area contributed by atoms with Crippen LogP contribution in [0.1, 0.15) is 22.3 Å². The molecule has 0 atom stereocenters. The van der Waals surface area contributed by atoms with Gasteiger partial charge in [0.1, 0.15) is 18.1 Å². The topological polar surface area (TPSA) is 48.0 Å². The van der Waals surface area contributed by atoms with Crippen LogP contribution >= 0.6 is 0 Å². The number of esters is 1. The summed E-state index contributed by atoms with van der Waals surface area (Å²) in [6.45, 7) is 1.35. The SMILES string of the molecule is COC(=O)COc1ccc(-c2ccc(OCCN(C)C)cc2Cc2ccccc2)c(Cc2ccccc2)c1. The van der Waals surface area contributed by atoms with Gasteiger partial charge in [-0.1, -0.05) is 72.8 Å². The number of methoxy groups -OCH3 is 1. The summed E-state index contributed by atoms with van der Waals surface area (Å²) < 4.78 is 16.6. The molecule has 0 heterocycles. The Labute approximate surface area is 225 Å². The van der Waals surface area contributed by atoms with Crippen LogP contribution < -0.4 is 9.47 Å². The minimum absolute atomic E-state index is 0.126. The lowest BCUT2D eigenvalue weighted by Gasteiger charge is -2.18. The summed E-state index contributed by atoms with van der Waals surface area (Å²) >= 11 is 0. The van der Waals surface area contributed by atoms with Gasteiger partial charge < -0.3 is 19.1 Å². The van der Waals surface area contributed by atoms with Crippen LogP contribution in [0.4, 0.5) is 0 Å². The van der Waals surface area contributed by atoms with Crippen LogP contribution in [0.15, 0.2) is 97.1 Å². The molecule has 0 unspecified atom stereocenters. The van der Waals surface area contributed by atoms with E-state index in [-0.39, 0.29) is 6.61 Å². The number of hydrogen-bond acceptors (Lipinski definition) is 5. The summed E-state index contributed by atoms with van der Waals surface area (Å²) in [5.74, 6) is 1.09. The van der Waals surface area contributed by atoms with E-state index in [9.17, 15) is 4.79 Å². The van der Waals surface area contributed by atoms with Crippen molar-refractivity contribution in [2.24, 2.45) is 0 Å². The molecule has 0 spiro atoms. The van der Waals surface area contributed by atoms with Gasteiger partial charge in [0.15, 0.2) is 6.61 Å². The highest BCUT2D eigenvalue weighted by Crippen LogP contribution is 2.34. The summed E-state index contributed by atoms with van der Waals surface area (Å²) in [4.78, 5) is 13.8.